The number of aromatic nitrogens is 2. The molecule has 18 heavy (non-hydrogen) atoms. The van der Waals surface area contributed by atoms with Crippen LogP contribution in [0.4, 0.5) is 0 Å². The molecule has 0 bridgehead atoms. The zero-order valence-electron chi connectivity index (χ0n) is 9.89. The lowest BCUT2D eigenvalue weighted by Gasteiger charge is -2.04. The van der Waals surface area contributed by atoms with Gasteiger partial charge in [-0.1, -0.05) is 17.7 Å². The van der Waals surface area contributed by atoms with Crippen LogP contribution in [0.15, 0.2) is 54.1 Å². The number of H-pyrrole nitrogens is 1. The van der Waals surface area contributed by atoms with Gasteiger partial charge in [-0.05, 0) is 19.1 Å². The first-order chi connectivity index (χ1) is 8.65. The van der Waals surface area contributed by atoms with E-state index >= 15 is 0 Å². The van der Waals surface area contributed by atoms with Crippen molar-refractivity contribution in [1.82, 2.24) is 9.97 Å². The number of nitrogens with one attached hydrogen (secondary N) is 1. The summed E-state index contributed by atoms with van der Waals surface area (Å²) in [6.45, 7) is 5.25. The summed E-state index contributed by atoms with van der Waals surface area (Å²) >= 11 is 5.69. The van der Waals surface area contributed by atoms with Crippen molar-refractivity contribution in [3.8, 4) is 11.5 Å². The van der Waals surface area contributed by atoms with Gasteiger partial charge in [-0.2, -0.15) is 0 Å². The van der Waals surface area contributed by atoms with E-state index in [4.69, 9.17) is 16.3 Å². The Bertz CT molecular complexity index is 546. The Hall–Kier alpha value is -2.07. The summed E-state index contributed by atoms with van der Waals surface area (Å²) in [5.41, 5.74) is -0.171. The van der Waals surface area contributed by atoms with Gasteiger partial charge in [0, 0.05) is 24.5 Å². The Kier molecular flexibility index (Phi) is 5.67. The molecule has 0 fully saturated rings. The average molecular weight is 265 g/mol. The first kappa shape index (κ1) is 14.0. The van der Waals surface area contributed by atoms with Crippen molar-refractivity contribution in [2.45, 2.75) is 6.92 Å². The zero-order chi connectivity index (χ0) is 13.4. The van der Waals surface area contributed by atoms with E-state index in [1.165, 1.54) is 12.3 Å². The van der Waals surface area contributed by atoms with Crippen LogP contribution in [0.5, 0.6) is 11.5 Å². The molecule has 0 saturated heterocycles. The van der Waals surface area contributed by atoms with E-state index in [2.05, 4.69) is 16.5 Å². The second-order valence-corrected chi connectivity index (χ2v) is 3.60. The molecule has 0 aliphatic heterocycles. The van der Waals surface area contributed by atoms with Gasteiger partial charge in [0.2, 0.25) is 5.56 Å². The molecule has 0 aliphatic rings. The normalized spacial score (nSPS) is 9.00. The Labute approximate surface area is 110 Å². The highest BCUT2D eigenvalue weighted by Crippen LogP contribution is 2.20. The molecule has 2 aromatic heterocycles. The lowest BCUT2D eigenvalue weighted by Crippen LogP contribution is -2.01. The van der Waals surface area contributed by atoms with Gasteiger partial charge < -0.3 is 9.72 Å². The molecule has 0 unspecified atom stereocenters. The molecule has 0 saturated carbocycles. The van der Waals surface area contributed by atoms with E-state index in [9.17, 15) is 4.79 Å². The Morgan fingerprint density at radius 2 is 2.11 bits per heavy atom. The fourth-order valence-corrected chi connectivity index (χ4v) is 1.21. The maximum atomic E-state index is 10.8. The lowest BCUT2D eigenvalue weighted by atomic mass is 10.4. The van der Waals surface area contributed by atoms with Crippen molar-refractivity contribution in [3.63, 3.8) is 0 Å². The molecule has 4 nitrogen and oxygen atoms in total. The molecule has 94 valence electrons. The number of nitrogens with zero attached hydrogens (tertiary/aromatic N) is 1. The largest absolute Gasteiger partial charge is 0.456 e. The van der Waals surface area contributed by atoms with Crippen LogP contribution in [0.25, 0.3) is 0 Å². The molecular weight excluding hydrogens is 252 g/mol. The summed E-state index contributed by atoms with van der Waals surface area (Å²) in [5.74, 6) is 1.11. The molecular formula is C13H13ClN2O2. The molecule has 0 amide bonds. The topological polar surface area (TPSA) is 55.0 Å². The second-order valence-electron chi connectivity index (χ2n) is 3.21. The number of pyridine rings is 2. The molecule has 0 aliphatic carbocycles. The summed E-state index contributed by atoms with van der Waals surface area (Å²) in [4.78, 5) is 17.1. The molecule has 5 heteroatoms. The van der Waals surface area contributed by atoms with E-state index in [0.29, 0.717) is 16.7 Å². The fraction of sp³-hybridized carbons (Fsp3) is 0.0769. The number of rotatable bonds is 2. The fourth-order valence-electron chi connectivity index (χ4n) is 1.04. The maximum absolute atomic E-state index is 10.8. The van der Waals surface area contributed by atoms with E-state index < -0.39 is 0 Å². The number of allylic oxidation sites excluding steroid dienone is 1. The van der Waals surface area contributed by atoms with Crippen molar-refractivity contribution in [2.24, 2.45) is 0 Å². The summed E-state index contributed by atoms with van der Waals surface area (Å²) < 4.78 is 5.42. The van der Waals surface area contributed by atoms with Gasteiger partial charge in [0.25, 0.3) is 0 Å². The number of hydrogen-bond acceptors (Lipinski definition) is 3. The van der Waals surface area contributed by atoms with Gasteiger partial charge in [-0.3, -0.25) is 4.79 Å². The third kappa shape index (κ3) is 4.84. The molecule has 2 rings (SSSR count). The summed E-state index contributed by atoms with van der Waals surface area (Å²) in [6.07, 6.45) is 4.78. The molecule has 1 N–H and O–H groups in total. The number of ether oxygens (including phenoxy) is 1. The van der Waals surface area contributed by atoms with Crippen LogP contribution >= 0.6 is 11.6 Å². The molecule has 2 heterocycles. The van der Waals surface area contributed by atoms with Crippen molar-refractivity contribution in [2.75, 3.05) is 0 Å². The van der Waals surface area contributed by atoms with E-state index in [-0.39, 0.29) is 5.56 Å². The smallest absolute Gasteiger partial charge is 0.248 e. The monoisotopic (exact) mass is 264 g/mol. The van der Waals surface area contributed by atoms with Crippen LogP contribution in [-0.4, -0.2) is 9.97 Å². The lowest BCUT2D eigenvalue weighted by molar-refractivity contribution is 0.479. The minimum Gasteiger partial charge on any atom is -0.456 e. The van der Waals surface area contributed by atoms with Gasteiger partial charge in [0.05, 0.1) is 0 Å². The van der Waals surface area contributed by atoms with Crippen LogP contribution in [0.2, 0.25) is 5.15 Å². The van der Waals surface area contributed by atoms with Gasteiger partial charge in [-0.25, -0.2) is 4.98 Å². The number of hydrogen-bond donors (Lipinski definition) is 1. The second kappa shape index (κ2) is 7.29. The molecule has 2 aromatic rings. The SMILES string of the molecule is C=CC.O=c1ccc(Oc2ccnc(Cl)c2)c[nH]1. The summed E-state index contributed by atoms with van der Waals surface area (Å²) in [5, 5.41) is 0.358. The number of aromatic amines is 1. The minimum atomic E-state index is -0.171. The van der Waals surface area contributed by atoms with E-state index in [1.807, 2.05) is 6.92 Å². The Balaban J connectivity index is 0.000000492. The molecule has 0 radical (unpaired) electrons. The summed E-state index contributed by atoms with van der Waals surface area (Å²) in [6, 6.07) is 6.23. The third-order valence-electron chi connectivity index (χ3n) is 1.69. The van der Waals surface area contributed by atoms with Crippen LogP contribution in [-0.2, 0) is 0 Å². The van der Waals surface area contributed by atoms with Crippen molar-refractivity contribution in [3.05, 3.63) is 64.8 Å². The van der Waals surface area contributed by atoms with Crippen molar-refractivity contribution >= 4 is 11.6 Å². The Morgan fingerprint density at radius 1 is 1.39 bits per heavy atom. The van der Waals surface area contributed by atoms with E-state index in [0.717, 1.165) is 0 Å². The van der Waals surface area contributed by atoms with Crippen LogP contribution in [0.3, 0.4) is 0 Å². The van der Waals surface area contributed by atoms with Crippen LogP contribution in [0, 0.1) is 0 Å². The van der Waals surface area contributed by atoms with Crippen LogP contribution in [0.1, 0.15) is 6.92 Å². The van der Waals surface area contributed by atoms with Crippen molar-refractivity contribution in [1.29, 1.82) is 0 Å². The predicted octanol–water partition coefficient (Wildman–Crippen LogP) is 3.41. The van der Waals surface area contributed by atoms with Crippen LogP contribution < -0.4 is 10.3 Å². The molecule has 0 aromatic carbocycles. The highest BCUT2D eigenvalue weighted by Gasteiger charge is 1.98. The van der Waals surface area contributed by atoms with Gasteiger partial charge in [0.15, 0.2) is 0 Å². The molecule has 0 spiro atoms. The quantitative estimate of drug-likeness (QED) is 0.668. The van der Waals surface area contributed by atoms with E-state index in [1.54, 1.807) is 30.5 Å². The van der Waals surface area contributed by atoms with Gasteiger partial charge in [-0.15, -0.1) is 6.58 Å². The average Bonchev–Trinajstić information content (AvgIpc) is 2.33. The van der Waals surface area contributed by atoms with Gasteiger partial charge >= 0.3 is 0 Å². The van der Waals surface area contributed by atoms with Crippen molar-refractivity contribution < 1.29 is 4.74 Å². The first-order valence-corrected chi connectivity index (χ1v) is 5.58. The third-order valence-corrected chi connectivity index (χ3v) is 1.90. The Morgan fingerprint density at radius 3 is 2.67 bits per heavy atom. The number of halogens is 1. The maximum Gasteiger partial charge on any atom is 0.248 e. The zero-order valence-corrected chi connectivity index (χ0v) is 10.6. The summed E-state index contributed by atoms with van der Waals surface area (Å²) in [7, 11) is 0. The standard InChI is InChI=1S/C10H7ClN2O2.C3H6/c11-9-5-7(3-4-12-9)15-8-1-2-10(14)13-6-8;1-3-2/h1-6H,(H,13,14);3H,1H2,2H3. The minimum absolute atomic E-state index is 0.171. The first-order valence-electron chi connectivity index (χ1n) is 5.21. The highest BCUT2D eigenvalue weighted by atomic mass is 35.5. The highest BCUT2D eigenvalue weighted by molar-refractivity contribution is 6.29. The predicted molar refractivity (Wildman–Crippen MR) is 72.3 cm³/mol. The molecule has 0 atom stereocenters. The van der Waals surface area contributed by atoms with Gasteiger partial charge in [0.1, 0.15) is 16.7 Å².